The first-order valence-electron chi connectivity index (χ1n) is 7.10. The molecule has 2 N–H and O–H groups in total. The molecule has 0 aliphatic carbocycles. The molecular weight excluding hydrogens is 254 g/mol. The number of hydrogen-bond acceptors (Lipinski definition) is 4. The normalized spacial score (nSPS) is 13.1. The second-order valence-corrected chi connectivity index (χ2v) is 5.63. The van der Waals surface area contributed by atoms with Crippen molar-refractivity contribution in [3.8, 4) is 5.75 Å². The van der Waals surface area contributed by atoms with Gasteiger partial charge in [0, 0.05) is 24.4 Å². The fourth-order valence-corrected chi connectivity index (χ4v) is 2.25. The maximum atomic E-state index is 9.40. The van der Waals surface area contributed by atoms with Gasteiger partial charge in [0.15, 0.2) is 0 Å². The second kappa shape index (κ2) is 7.50. The molecular formula is C16H27NO3. The van der Waals surface area contributed by atoms with Crippen molar-refractivity contribution in [1.82, 2.24) is 0 Å². The van der Waals surface area contributed by atoms with Gasteiger partial charge in [-0.05, 0) is 52.3 Å². The molecule has 4 nitrogen and oxygen atoms in total. The van der Waals surface area contributed by atoms with Crippen LogP contribution in [0.25, 0.3) is 0 Å². The van der Waals surface area contributed by atoms with E-state index in [2.05, 4.69) is 26.1 Å². The van der Waals surface area contributed by atoms with Gasteiger partial charge < -0.3 is 19.9 Å². The molecule has 0 heterocycles. The van der Waals surface area contributed by atoms with E-state index in [4.69, 9.17) is 9.47 Å². The Kier molecular flexibility index (Phi) is 6.30. The van der Waals surface area contributed by atoms with Crippen molar-refractivity contribution in [2.24, 2.45) is 0 Å². The Bertz CT molecular complexity index is 418. The third kappa shape index (κ3) is 5.02. The fourth-order valence-electron chi connectivity index (χ4n) is 2.25. The van der Waals surface area contributed by atoms with Gasteiger partial charge in [-0.1, -0.05) is 0 Å². The van der Waals surface area contributed by atoms with Crippen molar-refractivity contribution in [3.05, 3.63) is 23.8 Å². The van der Waals surface area contributed by atoms with E-state index >= 15 is 0 Å². The molecule has 0 bridgehead atoms. The summed E-state index contributed by atoms with van der Waals surface area (Å²) >= 11 is 0. The number of rotatable bonds is 8. The van der Waals surface area contributed by atoms with Gasteiger partial charge in [-0.15, -0.1) is 0 Å². The second-order valence-electron chi connectivity index (χ2n) is 5.63. The summed E-state index contributed by atoms with van der Waals surface area (Å²) in [5.41, 5.74) is 1.63. The van der Waals surface area contributed by atoms with Crippen LogP contribution >= 0.6 is 0 Å². The van der Waals surface area contributed by atoms with Crippen LogP contribution in [0.2, 0.25) is 0 Å². The van der Waals surface area contributed by atoms with Crippen molar-refractivity contribution < 1.29 is 14.6 Å². The van der Waals surface area contributed by atoms with Gasteiger partial charge in [0.2, 0.25) is 0 Å². The van der Waals surface area contributed by atoms with Gasteiger partial charge in [0.05, 0.1) is 18.8 Å². The minimum absolute atomic E-state index is 0.0250. The number of nitrogens with one attached hydrogen (secondary N) is 1. The average Bonchev–Trinajstić information content (AvgIpc) is 2.40. The van der Waals surface area contributed by atoms with Gasteiger partial charge in [0.25, 0.3) is 0 Å². The number of aliphatic hydroxyl groups excluding tert-OH is 1. The number of aliphatic hydroxyl groups is 1. The Morgan fingerprint density at radius 2 is 2.05 bits per heavy atom. The van der Waals surface area contributed by atoms with Crippen molar-refractivity contribution in [2.75, 3.05) is 19.0 Å². The number of ether oxygens (including phenoxy) is 2. The van der Waals surface area contributed by atoms with E-state index in [1.54, 1.807) is 7.11 Å². The molecule has 20 heavy (non-hydrogen) atoms. The third-order valence-electron chi connectivity index (χ3n) is 3.29. The molecule has 114 valence electrons. The lowest BCUT2D eigenvalue weighted by Gasteiger charge is -2.27. The minimum atomic E-state index is -0.155. The van der Waals surface area contributed by atoms with Crippen LogP contribution in [0.5, 0.6) is 5.75 Å². The zero-order valence-electron chi connectivity index (χ0n) is 13.2. The molecule has 0 radical (unpaired) electrons. The SMILES string of the molecule is CCOc1ccc(NC(C)CC(C)(C)OC)cc1CO. The largest absolute Gasteiger partial charge is 0.494 e. The van der Waals surface area contributed by atoms with Crippen molar-refractivity contribution in [2.45, 2.75) is 52.4 Å². The molecule has 1 aromatic rings. The summed E-state index contributed by atoms with van der Waals surface area (Å²) in [6.07, 6.45) is 0.894. The van der Waals surface area contributed by atoms with Crippen LogP contribution in [0.1, 0.15) is 39.7 Å². The third-order valence-corrected chi connectivity index (χ3v) is 3.29. The van der Waals surface area contributed by atoms with Crippen LogP contribution in [0.4, 0.5) is 5.69 Å². The lowest BCUT2D eigenvalue weighted by atomic mass is 9.99. The summed E-state index contributed by atoms with van der Waals surface area (Å²) < 4.78 is 10.9. The first-order chi connectivity index (χ1) is 9.41. The van der Waals surface area contributed by atoms with E-state index in [9.17, 15) is 5.11 Å². The molecule has 4 heteroatoms. The zero-order valence-corrected chi connectivity index (χ0v) is 13.2. The summed E-state index contributed by atoms with van der Waals surface area (Å²) in [4.78, 5) is 0. The van der Waals surface area contributed by atoms with Crippen molar-refractivity contribution in [1.29, 1.82) is 0 Å². The molecule has 1 aromatic carbocycles. The lowest BCUT2D eigenvalue weighted by molar-refractivity contribution is 0.0128. The van der Waals surface area contributed by atoms with Gasteiger partial charge in [0.1, 0.15) is 5.75 Å². The molecule has 0 aromatic heterocycles. The molecule has 0 aliphatic rings. The zero-order chi connectivity index (χ0) is 15.2. The van der Waals surface area contributed by atoms with Gasteiger partial charge in [-0.25, -0.2) is 0 Å². The molecule has 1 rings (SSSR count). The highest BCUT2D eigenvalue weighted by molar-refractivity contribution is 5.51. The van der Waals surface area contributed by atoms with Crippen LogP contribution in [-0.2, 0) is 11.3 Å². The van der Waals surface area contributed by atoms with E-state index in [0.29, 0.717) is 6.61 Å². The quantitative estimate of drug-likeness (QED) is 0.768. The van der Waals surface area contributed by atoms with Crippen molar-refractivity contribution >= 4 is 5.69 Å². The highest BCUT2D eigenvalue weighted by Crippen LogP contribution is 2.25. The van der Waals surface area contributed by atoms with E-state index in [-0.39, 0.29) is 18.2 Å². The number of hydrogen-bond donors (Lipinski definition) is 2. The smallest absolute Gasteiger partial charge is 0.124 e. The van der Waals surface area contributed by atoms with E-state index in [0.717, 1.165) is 23.4 Å². The molecule has 1 unspecified atom stereocenters. The molecule has 0 fully saturated rings. The summed E-state index contributed by atoms with van der Waals surface area (Å²) in [6.45, 7) is 8.77. The Morgan fingerprint density at radius 3 is 2.60 bits per heavy atom. The van der Waals surface area contributed by atoms with Crippen LogP contribution in [0.15, 0.2) is 18.2 Å². The topological polar surface area (TPSA) is 50.7 Å². The number of methoxy groups -OCH3 is 1. The first kappa shape index (κ1) is 16.8. The number of anilines is 1. The van der Waals surface area contributed by atoms with Crippen molar-refractivity contribution in [3.63, 3.8) is 0 Å². The highest BCUT2D eigenvalue weighted by Gasteiger charge is 2.20. The van der Waals surface area contributed by atoms with Gasteiger partial charge >= 0.3 is 0 Å². The summed E-state index contributed by atoms with van der Waals surface area (Å²) in [5, 5.41) is 12.8. The molecule has 0 saturated heterocycles. The Morgan fingerprint density at radius 1 is 1.35 bits per heavy atom. The Hall–Kier alpha value is -1.26. The maximum Gasteiger partial charge on any atom is 0.124 e. The lowest BCUT2D eigenvalue weighted by Crippen LogP contribution is -2.31. The molecule has 0 saturated carbocycles. The monoisotopic (exact) mass is 281 g/mol. The summed E-state index contributed by atoms with van der Waals surface area (Å²) in [7, 11) is 1.73. The fraction of sp³-hybridized carbons (Fsp3) is 0.625. The van der Waals surface area contributed by atoms with Crippen LogP contribution in [0, 0.1) is 0 Å². The molecule has 0 amide bonds. The Labute approximate surface area is 122 Å². The minimum Gasteiger partial charge on any atom is -0.494 e. The van der Waals surface area contributed by atoms with Gasteiger partial charge in [-0.2, -0.15) is 0 Å². The standard InChI is InChI=1S/C16H27NO3/c1-6-20-15-8-7-14(9-13(15)11-18)17-12(2)10-16(3,4)19-5/h7-9,12,17-18H,6,10-11H2,1-5H3. The predicted molar refractivity (Wildman–Crippen MR) is 82.3 cm³/mol. The van der Waals surface area contributed by atoms with E-state index in [1.165, 1.54) is 0 Å². The first-order valence-corrected chi connectivity index (χ1v) is 7.10. The predicted octanol–water partition coefficient (Wildman–Crippen LogP) is 3.19. The summed E-state index contributed by atoms with van der Waals surface area (Å²) in [5.74, 6) is 0.741. The average molecular weight is 281 g/mol. The Balaban J connectivity index is 2.73. The number of benzene rings is 1. The molecule has 0 aliphatic heterocycles. The molecule has 1 atom stereocenters. The maximum absolute atomic E-state index is 9.40. The van der Waals surface area contributed by atoms with Gasteiger partial charge in [-0.3, -0.25) is 0 Å². The molecule has 0 spiro atoms. The van der Waals surface area contributed by atoms with E-state index < -0.39 is 0 Å². The highest BCUT2D eigenvalue weighted by atomic mass is 16.5. The van der Waals surface area contributed by atoms with E-state index in [1.807, 2.05) is 25.1 Å². The summed E-state index contributed by atoms with van der Waals surface area (Å²) in [6, 6.07) is 6.07. The van der Waals surface area contributed by atoms with Crippen LogP contribution < -0.4 is 10.1 Å². The van der Waals surface area contributed by atoms with Crippen LogP contribution in [-0.4, -0.2) is 30.5 Å². The van der Waals surface area contributed by atoms with Crippen LogP contribution in [0.3, 0.4) is 0 Å².